The van der Waals surface area contributed by atoms with E-state index in [2.05, 4.69) is 10.6 Å². The minimum absolute atomic E-state index is 0.145. The van der Waals surface area contributed by atoms with Gasteiger partial charge < -0.3 is 29.8 Å². The van der Waals surface area contributed by atoms with Crippen LogP contribution in [-0.4, -0.2) is 28.3 Å². The van der Waals surface area contributed by atoms with Crippen LogP contribution in [0.4, 0.5) is 10.5 Å². The zero-order valence-electron chi connectivity index (χ0n) is 19.2. The van der Waals surface area contributed by atoms with E-state index in [1.165, 1.54) is 23.9 Å². The SMILES string of the molecule is CCOC(=O)C[C@H](NC(=O)Nc1c(O)ccn(C)c1=O)c1cccc(Oc2ccc(C)cc2)c1. The predicted octanol–water partition coefficient (Wildman–Crippen LogP) is 4.01. The summed E-state index contributed by atoms with van der Waals surface area (Å²) < 4.78 is 12.2. The highest BCUT2D eigenvalue weighted by Gasteiger charge is 2.21. The number of aromatic nitrogens is 1. The smallest absolute Gasteiger partial charge is 0.319 e. The molecule has 0 saturated carbocycles. The van der Waals surface area contributed by atoms with Crippen LogP contribution in [0.3, 0.4) is 0 Å². The molecule has 3 N–H and O–H groups in total. The number of nitrogens with one attached hydrogen (secondary N) is 2. The van der Waals surface area contributed by atoms with Gasteiger partial charge in [-0.25, -0.2) is 4.79 Å². The summed E-state index contributed by atoms with van der Waals surface area (Å²) in [5.41, 5.74) is 0.850. The molecule has 0 aliphatic carbocycles. The molecule has 9 heteroatoms. The number of nitrogens with zero attached hydrogens (tertiary/aromatic N) is 1. The molecule has 0 aliphatic heterocycles. The lowest BCUT2D eigenvalue weighted by Gasteiger charge is -2.20. The summed E-state index contributed by atoms with van der Waals surface area (Å²) in [6, 6.07) is 14.2. The predicted molar refractivity (Wildman–Crippen MR) is 127 cm³/mol. The molecule has 3 aromatic rings. The minimum atomic E-state index is -0.782. The van der Waals surface area contributed by atoms with Crippen molar-refractivity contribution < 1.29 is 24.2 Å². The van der Waals surface area contributed by atoms with Gasteiger partial charge in [-0.15, -0.1) is 0 Å². The van der Waals surface area contributed by atoms with Crippen LogP contribution < -0.4 is 20.9 Å². The Hall–Kier alpha value is -4.27. The number of pyridine rings is 1. The molecule has 9 nitrogen and oxygen atoms in total. The van der Waals surface area contributed by atoms with Crippen molar-refractivity contribution >= 4 is 17.7 Å². The maximum atomic E-state index is 12.7. The number of hydrogen-bond acceptors (Lipinski definition) is 6. The van der Waals surface area contributed by atoms with Gasteiger partial charge in [0.1, 0.15) is 17.2 Å². The summed E-state index contributed by atoms with van der Waals surface area (Å²) in [6.07, 6.45) is 1.23. The molecule has 1 aromatic heterocycles. The molecule has 34 heavy (non-hydrogen) atoms. The zero-order chi connectivity index (χ0) is 24.7. The first kappa shape index (κ1) is 24.4. The number of esters is 1. The molecule has 2 amide bonds. The van der Waals surface area contributed by atoms with Crippen molar-refractivity contribution in [3.63, 3.8) is 0 Å². The van der Waals surface area contributed by atoms with E-state index in [9.17, 15) is 19.5 Å². The van der Waals surface area contributed by atoms with E-state index in [1.54, 1.807) is 31.2 Å². The Labute approximate surface area is 197 Å². The third-order valence-electron chi connectivity index (χ3n) is 4.98. The van der Waals surface area contributed by atoms with Crippen LogP contribution in [0.15, 0.2) is 65.6 Å². The van der Waals surface area contributed by atoms with Crippen LogP contribution in [-0.2, 0) is 16.6 Å². The van der Waals surface area contributed by atoms with Crippen molar-refractivity contribution in [2.75, 3.05) is 11.9 Å². The topological polar surface area (TPSA) is 119 Å². The quantitative estimate of drug-likeness (QED) is 0.433. The van der Waals surface area contributed by atoms with Gasteiger partial charge in [0.25, 0.3) is 5.56 Å². The van der Waals surface area contributed by atoms with E-state index < -0.39 is 23.6 Å². The number of carbonyl (C=O) groups excluding carboxylic acids is 2. The standard InChI is InChI=1S/C25H27N3O6/c1-4-33-22(30)15-20(26-25(32)27-23-21(29)12-13-28(3)24(23)31)17-6-5-7-19(14-17)34-18-10-8-16(2)9-11-18/h5-14,20,29H,4,15H2,1-3H3,(H2,26,27,32)/t20-/m0/s1. The minimum Gasteiger partial charge on any atom is -0.505 e. The third-order valence-corrected chi connectivity index (χ3v) is 4.98. The Balaban J connectivity index is 1.82. The molecule has 2 aromatic carbocycles. The summed E-state index contributed by atoms with van der Waals surface area (Å²) in [5, 5.41) is 15.0. The number of aromatic hydroxyl groups is 1. The van der Waals surface area contributed by atoms with Gasteiger partial charge in [0.15, 0.2) is 5.69 Å². The first-order chi connectivity index (χ1) is 16.3. The molecular formula is C25H27N3O6. The molecule has 3 rings (SSSR count). The summed E-state index contributed by atoms with van der Waals surface area (Å²) >= 11 is 0. The fraction of sp³-hybridized carbons (Fsp3) is 0.240. The van der Waals surface area contributed by atoms with Gasteiger partial charge in [-0.1, -0.05) is 29.8 Å². The second kappa shape index (κ2) is 11.0. The van der Waals surface area contributed by atoms with Crippen LogP contribution in [0.5, 0.6) is 17.2 Å². The van der Waals surface area contributed by atoms with Crippen LogP contribution in [0.1, 0.15) is 30.5 Å². The molecule has 0 unspecified atom stereocenters. The Morgan fingerprint density at radius 2 is 1.82 bits per heavy atom. The van der Waals surface area contributed by atoms with E-state index in [0.29, 0.717) is 17.1 Å². The highest BCUT2D eigenvalue weighted by molar-refractivity contribution is 5.91. The van der Waals surface area contributed by atoms with Crippen molar-refractivity contribution in [2.24, 2.45) is 7.05 Å². The summed E-state index contributed by atoms with van der Waals surface area (Å²) in [7, 11) is 1.49. The molecule has 0 radical (unpaired) electrons. The van der Waals surface area contributed by atoms with Crippen molar-refractivity contribution in [2.45, 2.75) is 26.3 Å². The molecule has 1 atom stereocenters. The molecule has 0 aliphatic rings. The highest BCUT2D eigenvalue weighted by Crippen LogP contribution is 2.27. The fourth-order valence-electron chi connectivity index (χ4n) is 3.22. The maximum Gasteiger partial charge on any atom is 0.319 e. The third kappa shape index (κ3) is 6.38. The van der Waals surface area contributed by atoms with E-state index >= 15 is 0 Å². The van der Waals surface area contributed by atoms with Crippen LogP contribution in [0, 0.1) is 6.92 Å². The molecule has 0 spiro atoms. The molecule has 0 saturated heterocycles. The van der Waals surface area contributed by atoms with Crippen LogP contribution >= 0.6 is 0 Å². The molecule has 0 fully saturated rings. The number of rotatable bonds is 8. The first-order valence-corrected chi connectivity index (χ1v) is 10.7. The lowest BCUT2D eigenvalue weighted by atomic mass is 10.0. The van der Waals surface area contributed by atoms with E-state index in [-0.39, 0.29) is 24.5 Å². The Kier molecular flexibility index (Phi) is 7.92. The average molecular weight is 466 g/mol. The van der Waals surface area contributed by atoms with Gasteiger partial charge in [-0.3, -0.25) is 9.59 Å². The summed E-state index contributed by atoms with van der Waals surface area (Å²) in [5.74, 6) is 0.294. The van der Waals surface area contributed by atoms with Crippen molar-refractivity contribution in [3.8, 4) is 17.2 Å². The number of anilines is 1. The van der Waals surface area contributed by atoms with Gasteiger partial charge in [0, 0.05) is 13.2 Å². The van der Waals surface area contributed by atoms with Gasteiger partial charge in [0.05, 0.1) is 19.1 Å². The number of urea groups is 1. The molecule has 178 valence electrons. The fourth-order valence-corrected chi connectivity index (χ4v) is 3.22. The van der Waals surface area contributed by atoms with Crippen molar-refractivity contribution in [3.05, 3.63) is 82.3 Å². The lowest BCUT2D eigenvalue weighted by Crippen LogP contribution is -2.36. The second-order valence-electron chi connectivity index (χ2n) is 7.64. The lowest BCUT2D eigenvalue weighted by molar-refractivity contribution is -0.143. The monoisotopic (exact) mass is 465 g/mol. The maximum absolute atomic E-state index is 12.7. The van der Waals surface area contributed by atoms with E-state index in [0.717, 1.165) is 5.56 Å². The number of aryl methyl sites for hydroxylation is 2. The van der Waals surface area contributed by atoms with Crippen molar-refractivity contribution in [1.82, 2.24) is 9.88 Å². The van der Waals surface area contributed by atoms with Crippen molar-refractivity contribution in [1.29, 1.82) is 0 Å². The van der Waals surface area contributed by atoms with Gasteiger partial charge in [-0.2, -0.15) is 0 Å². The highest BCUT2D eigenvalue weighted by atomic mass is 16.5. The largest absolute Gasteiger partial charge is 0.505 e. The normalized spacial score (nSPS) is 11.4. The molecule has 0 bridgehead atoms. The van der Waals surface area contributed by atoms with E-state index in [4.69, 9.17) is 9.47 Å². The number of benzene rings is 2. The average Bonchev–Trinajstić information content (AvgIpc) is 2.81. The Bertz CT molecular complexity index is 1220. The Morgan fingerprint density at radius 3 is 2.53 bits per heavy atom. The number of ether oxygens (including phenoxy) is 2. The number of hydrogen-bond donors (Lipinski definition) is 3. The second-order valence-corrected chi connectivity index (χ2v) is 7.64. The Morgan fingerprint density at radius 1 is 1.09 bits per heavy atom. The molecular weight excluding hydrogens is 438 g/mol. The zero-order valence-corrected chi connectivity index (χ0v) is 19.2. The summed E-state index contributed by atoms with van der Waals surface area (Å²) in [4.78, 5) is 37.2. The van der Waals surface area contributed by atoms with Gasteiger partial charge in [-0.05, 0) is 49.7 Å². The van der Waals surface area contributed by atoms with Gasteiger partial charge >= 0.3 is 12.0 Å². The summed E-state index contributed by atoms with van der Waals surface area (Å²) in [6.45, 7) is 3.87. The van der Waals surface area contributed by atoms with Crippen LogP contribution in [0.25, 0.3) is 0 Å². The number of carbonyl (C=O) groups is 2. The molecule has 1 heterocycles. The van der Waals surface area contributed by atoms with Crippen LogP contribution in [0.2, 0.25) is 0 Å². The first-order valence-electron chi connectivity index (χ1n) is 10.7. The number of amides is 2. The van der Waals surface area contributed by atoms with E-state index in [1.807, 2.05) is 31.2 Å². The van der Waals surface area contributed by atoms with Gasteiger partial charge in [0.2, 0.25) is 0 Å².